The molecule has 0 aliphatic carbocycles. The Hall–Kier alpha value is -3.55. The Morgan fingerprint density at radius 1 is 1.07 bits per heavy atom. The molecule has 2 heterocycles. The molecule has 0 saturated heterocycles. The summed E-state index contributed by atoms with van der Waals surface area (Å²) in [6.45, 7) is 0.00192. The topological polar surface area (TPSA) is 55.0 Å². The largest absolute Gasteiger partial charge is 0.459 e. The lowest BCUT2D eigenvalue weighted by Crippen LogP contribution is -2.37. The summed E-state index contributed by atoms with van der Waals surface area (Å²) >= 11 is 0. The first kappa shape index (κ1) is 19.8. The van der Waals surface area contributed by atoms with Crippen molar-refractivity contribution in [3.8, 4) is 0 Å². The molecule has 1 aromatic heterocycles. The maximum atomic E-state index is 14.2. The van der Waals surface area contributed by atoms with Crippen molar-refractivity contribution in [1.29, 1.82) is 0 Å². The van der Waals surface area contributed by atoms with Crippen molar-refractivity contribution < 1.29 is 27.2 Å². The van der Waals surface area contributed by atoms with Gasteiger partial charge in [0.05, 0.1) is 18.5 Å². The lowest BCUT2D eigenvalue weighted by Gasteiger charge is -2.24. The first-order valence-corrected chi connectivity index (χ1v) is 9.25. The summed E-state index contributed by atoms with van der Waals surface area (Å²) in [5.74, 6) is -2.16. The maximum Gasteiger partial charge on any atom is 0.289 e. The van der Waals surface area contributed by atoms with E-state index in [9.17, 15) is 18.0 Å². The molecule has 0 spiro atoms. The molecule has 1 atom stereocenters. The quantitative estimate of drug-likeness (QED) is 0.596. The van der Waals surface area contributed by atoms with Gasteiger partial charge in [-0.25, -0.2) is 13.2 Å². The number of furan rings is 1. The zero-order chi connectivity index (χ0) is 21.1. The van der Waals surface area contributed by atoms with Crippen LogP contribution in [0.15, 0.2) is 70.4 Å². The SMILES string of the molecule is O=C(c1ccco1)N(Cc1ccc(F)cc1F)CC1CC(c2ccc(F)cc2)=NO1. The van der Waals surface area contributed by atoms with Crippen molar-refractivity contribution >= 4 is 11.6 Å². The fourth-order valence-corrected chi connectivity index (χ4v) is 3.22. The Bertz CT molecular complexity index is 1070. The van der Waals surface area contributed by atoms with Gasteiger partial charge in [-0.3, -0.25) is 4.79 Å². The molecule has 5 nitrogen and oxygen atoms in total. The normalized spacial score (nSPS) is 15.6. The van der Waals surface area contributed by atoms with Gasteiger partial charge < -0.3 is 14.2 Å². The lowest BCUT2D eigenvalue weighted by atomic mass is 10.0. The fraction of sp³-hybridized carbons (Fsp3) is 0.182. The zero-order valence-electron chi connectivity index (χ0n) is 15.7. The number of oxime groups is 1. The van der Waals surface area contributed by atoms with Crippen molar-refractivity contribution in [3.63, 3.8) is 0 Å². The van der Waals surface area contributed by atoms with Crippen LogP contribution in [0.2, 0.25) is 0 Å². The number of carbonyl (C=O) groups is 1. The number of halogens is 3. The van der Waals surface area contributed by atoms with Crippen molar-refractivity contribution in [3.05, 3.63) is 95.2 Å². The minimum Gasteiger partial charge on any atom is -0.459 e. The number of hydrogen-bond acceptors (Lipinski definition) is 4. The zero-order valence-corrected chi connectivity index (χ0v) is 15.7. The van der Waals surface area contributed by atoms with E-state index in [-0.39, 0.29) is 30.2 Å². The summed E-state index contributed by atoms with van der Waals surface area (Å²) in [4.78, 5) is 19.7. The highest BCUT2D eigenvalue weighted by Crippen LogP contribution is 2.21. The van der Waals surface area contributed by atoms with Crippen LogP contribution < -0.4 is 0 Å². The van der Waals surface area contributed by atoms with Gasteiger partial charge in [0.2, 0.25) is 0 Å². The molecule has 1 unspecified atom stereocenters. The van der Waals surface area contributed by atoms with Gasteiger partial charge in [0.25, 0.3) is 5.91 Å². The number of hydrogen-bond donors (Lipinski definition) is 0. The van der Waals surface area contributed by atoms with Gasteiger partial charge in [-0.15, -0.1) is 0 Å². The van der Waals surface area contributed by atoms with Crippen LogP contribution in [0.4, 0.5) is 13.2 Å². The molecule has 0 radical (unpaired) electrons. The smallest absolute Gasteiger partial charge is 0.289 e. The molecule has 4 rings (SSSR count). The van der Waals surface area contributed by atoms with E-state index in [0.717, 1.165) is 12.1 Å². The van der Waals surface area contributed by atoms with Gasteiger partial charge in [-0.05, 0) is 35.9 Å². The third kappa shape index (κ3) is 4.37. The number of nitrogens with zero attached hydrogens (tertiary/aromatic N) is 2. The average molecular weight is 414 g/mol. The molecule has 8 heteroatoms. The van der Waals surface area contributed by atoms with E-state index in [1.165, 1.54) is 35.4 Å². The van der Waals surface area contributed by atoms with Gasteiger partial charge in [0, 0.05) is 24.6 Å². The van der Waals surface area contributed by atoms with E-state index in [0.29, 0.717) is 17.7 Å². The van der Waals surface area contributed by atoms with E-state index < -0.39 is 23.6 Å². The second-order valence-corrected chi connectivity index (χ2v) is 6.88. The monoisotopic (exact) mass is 414 g/mol. The Labute approximate surface area is 170 Å². The first-order valence-electron chi connectivity index (χ1n) is 9.25. The number of rotatable bonds is 6. The standard InChI is InChI=1S/C22H17F3N2O3/c23-16-6-3-14(4-7-16)20-11-18(30-26-20)13-27(22(28)21-2-1-9-29-21)12-15-5-8-17(24)10-19(15)25/h1-10,18H,11-13H2. The highest BCUT2D eigenvalue weighted by molar-refractivity contribution is 6.01. The van der Waals surface area contributed by atoms with E-state index in [2.05, 4.69) is 5.16 Å². The van der Waals surface area contributed by atoms with E-state index in [1.54, 1.807) is 18.2 Å². The van der Waals surface area contributed by atoms with Crippen LogP contribution in [-0.4, -0.2) is 29.2 Å². The first-order chi connectivity index (χ1) is 14.5. The number of amides is 1. The minimum atomic E-state index is -0.747. The lowest BCUT2D eigenvalue weighted by molar-refractivity contribution is 0.0385. The Morgan fingerprint density at radius 2 is 1.83 bits per heavy atom. The van der Waals surface area contributed by atoms with Crippen LogP contribution in [0.3, 0.4) is 0 Å². The predicted molar refractivity (Wildman–Crippen MR) is 102 cm³/mol. The highest BCUT2D eigenvalue weighted by atomic mass is 19.1. The summed E-state index contributed by atoms with van der Waals surface area (Å²) in [6.07, 6.45) is 1.28. The van der Waals surface area contributed by atoms with Crippen LogP contribution in [0, 0.1) is 17.5 Å². The molecule has 0 bridgehead atoms. The third-order valence-corrected chi connectivity index (χ3v) is 4.73. The van der Waals surface area contributed by atoms with Crippen LogP contribution >= 0.6 is 0 Å². The summed E-state index contributed by atoms with van der Waals surface area (Å²) in [6, 6.07) is 12.1. The fourth-order valence-electron chi connectivity index (χ4n) is 3.22. The predicted octanol–water partition coefficient (Wildman–Crippen LogP) is 4.53. The third-order valence-electron chi connectivity index (χ3n) is 4.73. The van der Waals surface area contributed by atoms with E-state index >= 15 is 0 Å². The molecule has 0 N–H and O–H groups in total. The van der Waals surface area contributed by atoms with Crippen LogP contribution in [0.5, 0.6) is 0 Å². The molecule has 1 aliphatic heterocycles. The Kier molecular flexibility index (Phi) is 5.56. The van der Waals surface area contributed by atoms with Gasteiger partial charge >= 0.3 is 0 Å². The van der Waals surface area contributed by atoms with Crippen molar-refractivity contribution in [2.75, 3.05) is 6.54 Å². The van der Waals surface area contributed by atoms with Crippen LogP contribution in [0.1, 0.15) is 28.1 Å². The summed E-state index contributed by atoms with van der Waals surface area (Å²) in [5.41, 5.74) is 1.50. The number of benzene rings is 2. The molecule has 154 valence electrons. The van der Waals surface area contributed by atoms with Gasteiger partial charge in [0.15, 0.2) is 11.9 Å². The molecule has 1 aliphatic rings. The van der Waals surface area contributed by atoms with E-state index in [1.807, 2.05) is 0 Å². The van der Waals surface area contributed by atoms with Gasteiger partial charge in [0.1, 0.15) is 17.5 Å². The van der Waals surface area contributed by atoms with Crippen molar-refractivity contribution in [1.82, 2.24) is 4.90 Å². The minimum absolute atomic E-state index is 0.0928. The second-order valence-electron chi connectivity index (χ2n) is 6.88. The molecule has 2 aromatic carbocycles. The summed E-state index contributed by atoms with van der Waals surface area (Å²) in [5, 5.41) is 4.04. The van der Waals surface area contributed by atoms with Crippen molar-refractivity contribution in [2.45, 2.75) is 19.1 Å². The molecular weight excluding hydrogens is 397 g/mol. The molecule has 30 heavy (non-hydrogen) atoms. The number of carbonyl (C=O) groups excluding carboxylic acids is 1. The summed E-state index contributed by atoms with van der Waals surface area (Å²) in [7, 11) is 0. The van der Waals surface area contributed by atoms with Gasteiger partial charge in [-0.1, -0.05) is 23.4 Å². The Morgan fingerprint density at radius 3 is 2.53 bits per heavy atom. The molecule has 0 fully saturated rings. The van der Waals surface area contributed by atoms with E-state index in [4.69, 9.17) is 9.25 Å². The second kappa shape index (κ2) is 8.44. The Balaban J connectivity index is 1.50. The molecular formula is C22H17F3N2O3. The average Bonchev–Trinajstić information content (AvgIpc) is 3.42. The summed E-state index contributed by atoms with van der Waals surface area (Å²) < 4.78 is 45.7. The highest BCUT2D eigenvalue weighted by Gasteiger charge is 2.29. The molecule has 1 amide bonds. The molecule has 3 aromatic rings. The van der Waals surface area contributed by atoms with Crippen LogP contribution in [0.25, 0.3) is 0 Å². The maximum absolute atomic E-state index is 14.2. The van der Waals surface area contributed by atoms with Gasteiger partial charge in [-0.2, -0.15) is 0 Å². The molecule has 0 saturated carbocycles. The van der Waals surface area contributed by atoms with Crippen LogP contribution in [-0.2, 0) is 11.4 Å². The van der Waals surface area contributed by atoms with Crippen molar-refractivity contribution in [2.24, 2.45) is 5.16 Å².